The van der Waals surface area contributed by atoms with Crippen LogP contribution in [0.3, 0.4) is 0 Å². The Morgan fingerprint density at radius 3 is 2.47 bits per heavy atom. The van der Waals surface area contributed by atoms with Gasteiger partial charge in [0.1, 0.15) is 0 Å². The van der Waals surface area contributed by atoms with Crippen LogP contribution >= 0.6 is 0 Å². The number of hydrogen-bond acceptors (Lipinski definition) is 1. The molecule has 0 saturated carbocycles. The molecule has 5 heteroatoms. The summed E-state index contributed by atoms with van der Waals surface area (Å²) < 4.78 is 38.8. The number of allylic oxidation sites excluding steroid dienone is 1. The fraction of sp³-hybridized carbons (Fsp3) is 0.417. The molecule has 0 aliphatic heterocycles. The van der Waals surface area contributed by atoms with Gasteiger partial charge in [0.25, 0.3) is 5.56 Å². The van der Waals surface area contributed by atoms with E-state index in [0.717, 1.165) is 5.57 Å². The van der Waals surface area contributed by atoms with Crippen LogP contribution in [0.15, 0.2) is 10.4 Å². The summed E-state index contributed by atoms with van der Waals surface area (Å²) in [6.07, 6.45) is -1.93. The zero-order valence-corrected chi connectivity index (χ0v) is 9.53. The number of fused-ring (bicyclic) bond motifs is 1. The second-order valence-corrected chi connectivity index (χ2v) is 4.33. The number of pyridine rings is 1. The number of hydrogen-bond donors (Lipinski definition) is 1. The molecule has 0 spiro atoms. The van der Waals surface area contributed by atoms with E-state index in [1.807, 2.05) is 6.92 Å². The fourth-order valence-corrected chi connectivity index (χ4v) is 2.17. The molecule has 2 rings (SSSR count). The third-order valence-electron chi connectivity index (χ3n) is 3.03. The highest BCUT2D eigenvalue weighted by Crippen LogP contribution is 2.37. The normalized spacial score (nSPS) is 15.5. The molecule has 0 radical (unpaired) electrons. The van der Waals surface area contributed by atoms with Gasteiger partial charge in [-0.3, -0.25) is 4.79 Å². The van der Waals surface area contributed by atoms with Crippen molar-refractivity contribution < 1.29 is 13.2 Å². The molecule has 17 heavy (non-hydrogen) atoms. The lowest BCUT2D eigenvalue weighted by Gasteiger charge is -2.20. The van der Waals surface area contributed by atoms with Crippen LogP contribution in [0.1, 0.15) is 35.7 Å². The van der Waals surface area contributed by atoms with Gasteiger partial charge in [-0.05, 0) is 38.3 Å². The summed E-state index contributed by atoms with van der Waals surface area (Å²) in [6, 6.07) is 0. The van der Waals surface area contributed by atoms with E-state index < -0.39 is 17.3 Å². The zero-order chi connectivity index (χ0) is 12.8. The predicted octanol–water partition coefficient (Wildman–Crippen LogP) is 3.05. The molecule has 1 aromatic heterocycles. The molecule has 0 amide bonds. The maximum atomic E-state index is 12.9. The molecule has 92 valence electrons. The molecular weight excluding hydrogens is 231 g/mol. The number of H-pyrrole nitrogens is 1. The van der Waals surface area contributed by atoms with Crippen molar-refractivity contribution >= 4 is 6.08 Å². The summed E-state index contributed by atoms with van der Waals surface area (Å²) in [5.41, 5.74) is -0.187. The summed E-state index contributed by atoms with van der Waals surface area (Å²) in [5, 5.41) is 0. The van der Waals surface area contributed by atoms with E-state index in [1.165, 1.54) is 6.92 Å². The quantitative estimate of drug-likeness (QED) is 0.746. The molecule has 1 heterocycles. The third-order valence-corrected chi connectivity index (χ3v) is 3.03. The standard InChI is InChI=1S/C12H12F3NO/c1-6-3-4-8-9(5-6)16-11(17)7(2)10(8)12(13,14)15/h5H,3-4H2,1-2H3,(H,16,17). The van der Waals surface area contributed by atoms with Crippen LogP contribution < -0.4 is 5.56 Å². The number of halogens is 3. The van der Waals surface area contributed by atoms with Gasteiger partial charge in [-0.15, -0.1) is 0 Å². The molecule has 0 aromatic carbocycles. The zero-order valence-electron chi connectivity index (χ0n) is 9.53. The molecule has 0 bridgehead atoms. The van der Waals surface area contributed by atoms with Gasteiger partial charge in [0.2, 0.25) is 0 Å². The lowest BCUT2D eigenvalue weighted by Crippen LogP contribution is -2.24. The van der Waals surface area contributed by atoms with Gasteiger partial charge in [0.05, 0.1) is 5.56 Å². The number of rotatable bonds is 0. The summed E-state index contributed by atoms with van der Waals surface area (Å²) >= 11 is 0. The average Bonchev–Trinajstić information content (AvgIpc) is 2.18. The minimum absolute atomic E-state index is 0.209. The lowest BCUT2D eigenvalue weighted by molar-refractivity contribution is -0.138. The summed E-state index contributed by atoms with van der Waals surface area (Å²) in [5.74, 6) is 0. The molecule has 1 aromatic rings. The third kappa shape index (κ3) is 2.01. The number of aromatic amines is 1. The lowest BCUT2D eigenvalue weighted by atomic mass is 9.91. The molecule has 0 atom stereocenters. The Hall–Kier alpha value is -1.52. The molecule has 1 N–H and O–H groups in total. The van der Waals surface area contributed by atoms with E-state index in [-0.39, 0.29) is 11.1 Å². The van der Waals surface area contributed by atoms with Gasteiger partial charge in [-0.25, -0.2) is 0 Å². The van der Waals surface area contributed by atoms with Crippen LogP contribution in [-0.4, -0.2) is 4.98 Å². The molecule has 0 fully saturated rings. The summed E-state index contributed by atoms with van der Waals surface area (Å²) in [6.45, 7) is 3.06. The predicted molar refractivity (Wildman–Crippen MR) is 58.8 cm³/mol. The van der Waals surface area contributed by atoms with Crippen molar-refractivity contribution in [3.8, 4) is 0 Å². The molecule has 0 saturated heterocycles. The summed E-state index contributed by atoms with van der Waals surface area (Å²) in [7, 11) is 0. The van der Waals surface area contributed by atoms with Crippen molar-refractivity contribution in [3.63, 3.8) is 0 Å². The Morgan fingerprint density at radius 1 is 1.24 bits per heavy atom. The first-order valence-corrected chi connectivity index (χ1v) is 5.31. The minimum Gasteiger partial charge on any atom is -0.322 e. The van der Waals surface area contributed by atoms with E-state index in [2.05, 4.69) is 4.98 Å². The number of aromatic nitrogens is 1. The topological polar surface area (TPSA) is 32.9 Å². The van der Waals surface area contributed by atoms with Crippen LogP contribution in [0, 0.1) is 6.92 Å². The van der Waals surface area contributed by atoms with E-state index in [9.17, 15) is 18.0 Å². The molecule has 1 aliphatic rings. The monoisotopic (exact) mass is 243 g/mol. The van der Waals surface area contributed by atoms with Crippen LogP contribution in [0.25, 0.3) is 6.08 Å². The van der Waals surface area contributed by atoms with Crippen LogP contribution in [0.2, 0.25) is 0 Å². The van der Waals surface area contributed by atoms with Gasteiger partial charge in [0, 0.05) is 11.3 Å². The molecular formula is C12H12F3NO. The Morgan fingerprint density at radius 2 is 1.88 bits per heavy atom. The highest BCUT2D eigenvalue weighted by molar-refractivity contribution is 5.58. The van der Waals surface area contributed by atoms with Gasteiger partial charge >= 0.3 is 6.18 Å². The highest BCUT2D eigenvalue weighted by atomic mass is 19.4. The first-order chi connectivity index (χ1) is 7.80. The number of alkyl halides is 3. The maximum absolute atomic E-state index is 12.9. The van der Waals surface area contributed by atoms with Gasteiger partial charge in [-0.2, -0.15) is 13.2 Å². The number of nitrogens with one attached hydrogen (secondary N) is 1. The first-order valence-electron chi connectivity index (χ1n) is 5.31. The van der Waals surface area contributed by atoms with Gasteiger partial charge < -0.3 is 4.98 Å². The maximum Gasteiger partial charge on any atom is 0.417 e. The second-order valence-electron chi connectivity index (χ2n) is 4.33. The Kier molecular flexibility index (Phi) is 2.64. The van der Waals surface area contributed by atoms with Crippen molar-refractivity contribution in [3.05, 3.63) is 38.3 Å². The second kappa shape index (κ2) is 3.75. The van der Waals surface area contributed by atoms with Crippen LogP contribution in [0.4, 0.5) is 13.2 Å². The van der Waals surface area contributed by atoms with Crippen LogP contribution in [-0.2, 0) is 12.6 Å². The summed E-state index contributed by atoms with van der Waals surface area (Å²) in [4.78, 5) is 14.0. The molecule has 2 nitrogen and oxygen atoms in total. The molecule has 1 aliphatic carbocycles. The highest BCUT2D eigenvalue weighted by Gasteiger charge is 2.37. The minimum atomic E-state index is -4.47. The van der Waals surface area contributed by atoms with Crippen molar-refractivity contribution in [1.82, 2.24) is 4.98 Å². The van der Waals surface area contributed by atoms with Gasteiger partial charge in [-0.1, -0.05) is 5.57 Å². The van der Waals surface area contributed by atoms with Crippen molar-refractivity contribution in [1.29, 1.82) is 0 Å². The van der Waals surface area contributed by atoms with Crippen LogP contribution in [0.5, 0.6) is 0 Å². The first kappa shape index (κ1) is 12.0. The smallest absolute Gasteiger partial charge is 0.322 e. The fourth-order valence-electron chi connectivity index (χ4n) is 2.17. The van der Waals surface area contributed by atoms with E-state index in [1.54, 1.807) is 6.08 Å². The van der Waals surface area contributed by atoms with E-state index in [4.69, 9.17) is 0 Å². The Labute approximate surface area is 96.2 Å². The Bertz CT molecular complexity index is 552. The van der Waals surface area contributed by atoms with E-state index >= 15 is 0 Å². The Balaban J connectivity index is 2.80. The van der Waals surface area contributed by atoms with E-state index in [0.29, 0.717) is 18.5 Å². The van der Waals surface area contributed by atoms with Crippen molar-refractivity contribution in [2.45, 2.75) is 32.9 Å². The SMILES string of the molecule is CC1=Cc2[nH]c(=O)c(C)c(C(F)(F)F)c2CC1. The van der Waals surface area contributed by atoms with Gasteiger partial charge in [0.15, 0.2) is 0 Å². The molecule has 0 unspecified atom stereocenters. The van der Waals surface area contributed by atoms with Crippen molar-refractivity contribution in [2.75, 3.05) is 0 Å². The largest absolute Gasteiger partial charge is 0.417 e. The average molecular weight is 243 g/mol. The van der Waals surface area contributed by atoms with Crippen molar-refractivity contribution in [2.24, 2.45) is 0 Å².